The first-order chi connectivity index (χ1) is 11.6. The van der Waals surface area contributed by atoms with Crippen LogP contribution in [0, 0.1) is 0 Å². The molecular weight excluding hydrogens is 308 g/mol. The zero-order valence-electron chi connectivity index (χ0n) is 14.8. The van der Waals surface area contributed by atoms with Crippen LogP contribution in [0.5, 0.6) is 11.5 Å². The van der Waals surface area contributed by atoms with Crippen molar-refractivity contribution < 1.29 is 19.0 Å². The maximum atomic E-state index is 12.0. The van der Waals surface area contributed by atoms with E-state index in [0.29, 0.717) is 26.3 Å². The van der Waals surface area contributed by atoms with E-state index in [2.05, 4.69) is 10.2 Å². The molecule has 6 heteroatoms. The Morgan fingerprint density at radius 2 is 1.75 bits per heavy atom. The molecule has 134 valence electrons. The molecule has 6 nitrogen and oxygen atoms in total. The van der Waals surface area contributed by atoms with Crippen molar-refractivity contribution in [1.29, 1.82) is 0 Å². The second-order valence-electron chi connectivity index (χ2n) is 6.05. The summed E-state index contributed by atoms with van der Waals surface area (Å²) in [6, 6.07) is 7.48. The molecule has 1 fully saturated rings. The van der Waals surface area contributed by atoms with E-state index in [1.54, 1.807) is 0 Å². The Hall–Kier alpha value is -1.79. The fourth-order valence-corrected chi connectivity index (χ4v) is 2.83. The van der Waals surface area contributed by atoms with E-state index in [9.17, 15) is 4.79 Å². The highest BCUT2D eigenvalue weighted by Gasteiger charge is 2.23. The topological polar surface area (TPSA) is 60.0 Å². The molecule has 1 aliphatic heterocycles. The predicted molar refractivity (Wildman–Crippen MR) is 92.6 cm³/mol. The number of nitrogens with one attached hydrogen (secondary N) is 1. The summed E-state index contributed by atoms with van der Waals surface area (Å²) in [5.74, 6) is 1.61. The van der Waals surface area contributed by atoms with Crippen molar-refractivity contribution in [2.75, 3.05) is 39.4 Å². The van der Waals surface area contributed by atoms with Crippen LogP contribution in [0.1, 0.15) is 20.8 Å². The third-order valence-corrected chi connectivity index (χ3v) is 3.69. The normalized spacial score (nSPS) is 21.3. The van der Waals surface area contributed by atoms with Crippen LogP contribution in [0.3, 0.4) is 0 Å². The summed E-state index contributed by atoms with van der Waals surface area (Å²) in [6.07, 6.45) is 0.342. The maximum Gasteiger partial charge on any atom is 0.234 e. The summed E-state index contributed by atoms with van der Waals surface area (Å²) in [5.41, 5.74) is 0. The van der Waals surface area contributed by atoms with E-state index in [0.717, 1.165) is 24.6 Å². The van der Waals surface area contributed by atoms with Gasteiger partial charge in [-0.05, 0) is 45.0 Å². The van der Waals surface area contributed by atoms with Gasteiger partial charge >= 0.3 is 0 Å². The Morgan fingerprint density at radius 3 is 2.33 bits per heavy atom. The second kappa shape index (κ2) is 9.49. The van der Waals surface area contributed by atoms with Crippen LogP contribution >= 0.6 is 0 Å². The molecule has 0 radical (unpaired) electrons. The number of hydrogen-bond donors (Lipinski definition) is 1. The number of amides is 1. The monoisotopic (exact) mass is 336 g/mol. The lowest BCUT2D eigenvalue weighted by atomic mass is 10.2. The van der Waals surface area contributed by atoms with E-state index in [4.69, 9.17) is 14.2 Å². The smallest absolute Gasteiger partial charge is 0.234 e. The van der Waals surface area contributed by atoms with Crippen molar-refractivity contribution in [2.24, 2.45) is 0 Å². The van der Waals surface area contributed by atoms with Gasteiger partial charge in [-0.2, -0.15) is 0 Å². The van der Waals surface area contributed by atoms with Gasteiger partial charge in [0.25, 0.3) is 0 Å². The van der Waals surface area contributed by atoms with Crippen LogP contribution in [0.25, 0.3) is 0 Å². The van der Waals surface area contributed by atoms with Gasteiger partial charge in [0.2, 0.25) is 5.91 Å². The molecule has 1 aliphatic rings. The molecule has 1 heterocycles. The summed E-state index contributed by atoms with van der Waals surface area (Å²) in [5, 5.41) is 2.89. The van der Waals surface area contributed by atoms with E-state index in [1.165, 1.54) is 0 Å². The second-order valence-corrected chi connectivity index (χ2v) is 6.05. The van der Waals surface area contributed by atoms with Crippen molar-refractivity contribution >= 4 is 5.91 Å². The average molecular weight is 336 g/mol. The molecule has 1 N–H and O–H groups in total. The van der Waals surface area contributed by atoms with Crippen LogP contribution in [0.4, 0.5) is 0 Å². The first-order valence-electron chi connectivity index (χ1n) is 8.57. The SMILES string of the molecule is CCOc1ccc(OCCNC(=O)CN2C[C@@H](C)O[C@H](C)C2)cc1. The third-order valence-electron chi connectivity index (χ3n) is 3.69. The first-order valence-corrected chi connectivity index (χ1v) is 8.57. The van der Waals surface area contributed by atoms with Gasteiger partial charge in [-0.15, -0.1) is 0 Å². The largest absolute Gasteiger partial charge is 0.494 e. The average Bonchev–Trinajstić information content (AvgIpc) is 2.52. The summed E-state index contributed by atoms with van der Waals surface area (Å²) in [6.45, 7) is 9.58. The van der Waals surface area contributed by atoms with Gasteiger partial charge in [-0.25, -0.2) is 0 Å². The molecule has 1 amide bonds. The number of morpholine rings is 1. The van der Waals surface area contributed by atoms with E-state index in [-0.39, 0.29) is 18.1 Å². The maximum absolute atomic E-state index is 12.0. The van der Waals surface area contributed by atoms with Crippen molar-refractivity contribution in [3.63, 3.8) is 0 Å². The van der Waals surface area contributed by atoms with Gasteiger partial charge < -0.3 is 19.5 Å². The molecule has 0 saturated carbocycles. The van der Waals surface area contributed by atoms with E-state index in [1.807, 2.05) is 45.0 Å². The Labute approximate surface area is 144 Å². The van der Waals surface area contributed by atoms with Gasteiger partial charge in [0.05, 0.1) is 31.9 Å². The van der Waals surface area contributed by atoms with Gasteiger partial charge in [-0.1, -0.05) is 0 Å². The lowest BCUT2D eigenvalue weighted by molar-refractivity contribution is -0.126. The summed E-state index contributed by atoms with van der Waals surface area (Å²) in [7, 11) is 0. The Bertz CT molecular complexity index is 496. The Kier molecular flexibility index (Phi) is 7.34. The first kappa shape index (κ1) is 18.5. The summed E-state index contributed by atoms with van der Waals surface area (Å²) < 4.78 is 16.7. The highest BCUT2D eigenvalue weighted by molar-refractivity contribution is 5.78. The number of carbonyl (C=O) groups is 1. The van der Waals surface area contributed by atoms with Crippen LogP contribution in [0.15, 0.2) is 24.3 Å². The molecule has 24 heavy (non-hydrogen) atoms. The highest BCUT2D eigenvalue weighted by Crippen LogP contribution is 2.17. The zero-order chi connectivity index (χ0) is 17.4. The molecule has 0 aliphatic carbocycles. The zero-order valence-corrected chi connectivity index (χ0v) is 14.8. The predicted octanol–water partition coefficient (Wildman–Crippen LogP) is 1.69. The minimum absolute atomic E-state index is 0.0200. The molecular formula is C18H28N2O4. The Morgan fingerprint density at radius 1 is 1.17 bits per heavy atom. The van der Waals surface area contributed by atoms with Gasteiger partial charge in [0, 0.05) is 13.1 Å². The molecule has 0 spiro atoms. The van der Waals surface area contributed by atoms with Crippen molar-refractivity contribution in [3.05, 3.63) is 24.3 Å². The van der Waals surface area contributed by atoms with Gasteiger partial charge in [0.15, 0.2) is 0 Å². The summed E-state index contributed by atoms with van der Waals surface area (Å²) >= 11 is 0. The van der Waals surface area contributed by atoms with Crippen LogP contribution in [0.2, 0.25) is 0 Å². The van der Waals surface area contributed by atoms with Crippen LogP contribution in [-0.2, 0) is 9.53 Å². The van der Waals surface area contributed by atoms with Crippen molar-refractivity contribution in [2.45, 2.75) is 33.0 Å². The van der Waals surface area contributed by atoms with E-state index >= 15 is 0 Å². The number of ether oxygens (including phenoxy) is 3. The standard InChI is InChI=1S/C18H28N2O4/c1-4-22-16-5-7-17(8-6-16)23-10-9-19-18(21)13-20-11-14(2)24-15(3)12-20/h5-8,14-15H,4,9-13H2,1-3H3,(H,19,21)/t14-,15-/m1/s1. The number of carbonyl (C=O) groups excluding carboxylic acids is 1. The summed E-state index contributed by atoms with van der Waals surface area (Å²) in [4.78, 5) is 14.1. The van der Waals surface area contributed by atoms with Gasteiger partial charge in [0.1, 0.15) is 18.1 Å². The molecule has 2 atom stereocenters. The number of hydrogen-bond acceptors (Lipinski definition) is 5. The lowest BCUT2D eigenvalue weighted by Crippen LogP contribution is -2.49. The number of rotatable bonds is 8. The molecule has 1 aromatic rings. The minimum atomic E-state index is 0.0200. The Balaban J connectivity index is 1.62. The van der Waals surface area contributed by atoms with Crippen LogP contribution in [-0.4, -0.2) is 62.4 Å². The molecule has 0 aromatic heterocycles. The van der Waals surface area contributed by atoms with Crippen molar-refractivity contribution in [3.8, 4) is 11.5 Å². The molecule has 1 aromatic carbocycles. The highest BCUT2D eigenvalue weighted by atomic mass is 16.5. The van der Waals surface area contributed by atoms with Gasteiger partial charge in [-0.3, -0.25) is 9.69 Å². The number of nitrogens with zero attached hydrogens (tertiary/aromatic N) is 1. The number of benzene rings is 1. The quantitative estimate of drug-likeness (QED) is 0.732. The fraction of sp³-hybridized carbons (Fsp3) is 0.611. The molecule has 0 bridgehead atoms. The van der Waals surface area contributed by atoms with Crippen LogP contribution < -0.4 is 14.8 Å². The molecule has 2 rings (SSSR count). The molecule has 1 saturated heterocycles. The van der Waals surface area contributed by atoms with Crippen molar-refractivity contribution in [1.82, 2.24) is 10.2 Å². The van der Waals surface area contributed by atoms with E-state index < -0.39 is 0 Å². The lowest BCUT2D eigenvalue weighted by Gasteiger charge is -2.34. The molecule has 0 unspecified atom stereocenters. The minimum Gasteiger partial charge on any atom is -0.494 e. The fourth-order valence-electron chi connectivity index (χ4n) is 2.83. The third kappa shape index (κ3) is 6.37.